The van der Waals surface area contributed by atoms with E-state index in [4.69, 9.17) is 0 Å². The molecular weight excluding hydrogens is 220 g/mol. The van der Waals surface area contributed by atoms with Gasteiger partial charge in [-0.3, -0.25) is 0 Å². The Labute approximate surface area is 81.6 Å². The topological polar surface area (TPSA) is 388 Å². The number of quaternary nitrogens is 2. The van der Waals surface area contributed by atoms with Crippen molar-refractivity contribution in [1.29, 1.82) is 0 Å². The standard InChI is InChI=1S/2H3N.10H2O.S/h2*1H3;10*1H2;/q;;;;;;;;;;;;-2/p+2. The van der Waals surface area contributed by atoms with Crippen molar-refractivity contribution in [2.45, 2.75) is 0 Å². The molecule has 0 unspecified atom stereocenters. The smallest absolute Gasteiger partial charge is 0.369 e. The zero-order valence-corrected chi connectivity index (χ0v) is 8.22. The molecule has 0 spiro atoms. The molecule has 12 nitrogen and oxygen atoms in total. The van der Waals surface area contributed by atoms with Gasteiger partial charge >= 0.3 is 0 Å². The van der Waals surface area contributed by atoms with Crippen LogP contribution in [0.1, 0.15) is 0 Å². The first-order valence-corrected chi connectivity index (χ1v) is 0. The summed E-state index contributed by atoms with van der Waals surface area (Å²) in [5.41, 5.74) is 0. The Morgan fingerprint density at radius 2 is 0.231 bits per heavy atom. The zero-order chi connectivity index (χ0) is 0. The first-order chi connectivity index (χ1) is 0. The van der Waals surface area contributed by atoms with Gasteiger partial charge in [0.1, 0.15) is 0 Å². The maximum atomic E-state index is 0. The minimum Gasteiger partial charge on any atom is -2.00 e. The van der Waals surface area contributed by atoms with E-state index in [-0.39, 0.29) is 80.6 Å². The predicted molar refractivity (Wildman–Crippen MR) is 55.5 cm³/mol. The molecule has 0 aromatic rings. The highest BCUT2D eigenvalue weighted by Gasteiger charge is -0.367. The van der Waals surface area contributed by atoms with E-state index in [9.17, 15) is 0 Å². The summed E-state index contributed by atoms with van der Waals surface area (Å²) in [6, 6.07) is 0. The van der Waals surface area contributed by atoms with E-state index in [0.29, 0.717) is 0 Å². The Kier molecular flexibility index (Phi) is 685000000. The minimum atomic E-state index is 0. The number of rotatable bonds is 0. The van der Waals surface area contributed by atoms with Gasteiger partial charge in [-0.05, 0) is 0 Å². The molecule has 0 heterocycles. The molecule has 0 saturated heterocycles. The fourth-order valence-corrected chi connectivity index (χ4v) is 0. The molecule has 28 N–H and O–H groups in total. The Balaban J connectivity index is 0. The average molecular weight is 248 g/mol. The lowest BCUT2D eigenvalue weighted by atomic mass is 14.0. The van der Waals surface area contributed by atoms with Crippen molar-refractivity contribution >= 4 is 13.5 Å². The molecule has 0 saturated carbocycles. The number of hydrogen-bond donors (Lipinski definition) is 2. The van der Waals surface area contributed by atoms with Gasteiger partial charge in [0.05, 0.1) is 0 Å². The first-order valence-electron chi connectivity index (χ1n) is 0. The third-order valence-corrected chi connectivity index (χ3v) is 0. The highest BCUT2D eigenvalue weighted by atomic mass is 32.1. The second-order valence-corrected chi connectivity index (χ2v) is 0. The van der Waals surface area contributed by atoms with Crippen LogP contribution < -0.4 is 12.3 Å². The van der Waals surface area contributed by atoms with Crippen LogP contribution in [0, 0.1) is 0 Å². The maximum Gasteiger partial charge on any atom is -0.369 e. The Hall–Kier alpha value is -0.130. The molecule has 0 amide bonds. The molecule has 0 aliphatic heterocycles. The second kappa shape index (κ2) is 83000. The van der Waals surface area contributed by atoms with E-state index in [2.05, 4.69) is 0 Å². The molecule has 0 bridgehead atoms. The highest BCUT2D eigenvalue weighted by Crippen LogP contribution is -0.00236. The lowest BCUT2D eigenvalue weighted by Crippen LogP contribution is -0.482. The quantitative estimate of drug-likeness (QED) is 0.402. The third kappa shape index (κ3) is 68400. The van der Waals surface area contributed by atoms with Crippen LogP contribution in [0.15, 0.2) is 0 Å². The normalized spacial score (nSPS) is 0. The molecular formula is H28N2O10S. The van der Waals surface area contributed by atoms with Crippen LogP contribution in [-0.4, -0.2) is 54.8 Å². The van der Waals surface area contributed by atoms with Gasteiger partial charge in [0.15, 0.2) is 0 Å². The SMILES string of the molecule is O.O.O.O.O.O.O.O.O.O.[NH4+].[NH4+].[S-2]. The molecule has 0 fully saturated rings. The van der Waals surface area contributed by atoms with E-state index in [1.54, 1.807) is 0 Å². The monoisotopic (exact) mass is 248 g/mol. The lowest BCUT2D eigenvalue weighted by molar-refractivity contribution is 0.823. The third-order valence-electron chi connectivity index (χ3n) is 0. The van der Waals surface area contributed by atoms with Crippen molar-refractivity contribution in [1.82, 2.24) is 12.3 Å². The Morgan fingerprint density at radius 3 is 0.231 bits per heavy atom. The van der Waals surface area contributed by atoms with Crippen LogP contribution in [0.5, 0.6) is 0 Å². The summed E-state index contributed by atoms with van der Waals surface area (Å²) in [5, 5.41) is 0. The molecule has 0 aliphatic carbocycles. The van der Waals surface area contributed by atoms with Gasteiger partial charge in [0.25, 0.3) is 0 Å². The van der Waals surface area contributed by atoms with Crippen molar-refractivity contribution in [3.63, 3.8) is 0 Å². The molecule has 13 heavy (non-hydrogen) atoms. The van der Waals surface area contributed by atoms with Crippen molar-refractivity contribution < 1.29 is 54.8 Å². The summed E-state index contributed by atoms with van der Waals surface area (Å²) in [5.74, 6) is 0. The summed E-state index contributed by atoms with van der Waals surface area (Å²) in [6.45, 7) is 0. The Morgan fingerprint density at radius 1 is 0.231 bits per heavy atom. The number of hydrogen-bond acceptors (Lipinski definition) is 0. The van der Waals surface area contributed by atoms with Crippen LogP contribution in [0.4, 0.5) is 0 Å². The first kappa shape index (κ1) is 107000. The van der Waals surface area contributed by atoms with E-state index < -0.39 is 0 Å². The fraction of sp³-hybridized carbons (Fsp3) is 0. The summed E-state index contributed by atoms with van der Waals surface area (Å²) in [4.78, 5) is 0. The fourth-order valence-electron chi connectivity index (χ4n) is 0. The van der Waals surface area contributed by atoms with Gasteiger partial charge in [-0.15, -0.1) is 0 Å². The van der Waals surface area contributed by atoms with E-state index in [1.807, 2.05) is 0 Å². The van der Waals surface area contributed by atoms with Crippen molar-refractivity contribution in [3.05, 3.63) is 0 Å². The van der Waals surface area contributed by atoms with Crippen LogP contribution in [0.3, 0.4) is 0 Å². The Bertz CT molecular complexity index is 12.9. The summed E-state index contributed by atoms with van der Waals surface area (Å²) in [7, 11) is 0. The van der Waals surface area contributed by atoms with Gasteiger partial charge in [0.2, 0.25) is 0 Å². The molecule has 13 heteroatoms. The van der Waals surface area contributed by atoms with Crippen LogP contribution in [-0.2, 0) is 13.5 Å². The molecule has 104 valence electrons. The van der Waals surface area contributed by atoms with Gasteiger partial charge < -0.3 is 80.6 Å². The maximum absolute atomic E-state index is 0. The van der Waals surface area contributed by atoms with Gasteiger partial charge in [0, 0.05) is 0 Å². The van der Waals surface area contributed by atoms with E-state index in [0.717, 1.165) is 0 Å². The highest BCUT2D eigenvalue weighted by molar-refractivity contribution is 7.37. The summed E-state index contributed by atoms with van der Waals surface area (Å²) < 4.78 is 0. The van der Waals surface area contributed by atoms with Crippen molar-refractivity contribution in [2.75, 3.05) is 0 Å². The van der Waals surface area contributed by atoms with Crippen molar-refractivity contribution in [2.24, 2.45) is 0 Å². The van der Waals surface area contributed by atoms with Gasteiger partial charge in [-0.1, -0.05) is 0 Å². The molecule has 0 rings (SSSR count). The zero-order valence-electron chi connectivity index (χ0n) is 7.41. The molecule has 0 atom stereocenters. The molecule has 0 aliphatic rings. The van der Waals surface area contributed by atoms with Gasteiger partial charge in [-0.25, -0.2) is 0 Å². The van der Waals surface area contributed by atoms with Crippen LogP contribution in [0.2, 0.25) is 0 Å². The van der Waals surface area contributed by atoms with E-state index >= 15 is 0 Å². The predicted octanol–water partition coefficient (Wildman–Crippen LogP) is -7.50. The van der Waals surface area contributed by atoms with Crippen molar-refractivity contribution in [3.8, 4) is 0 Å². The molecule has 0 radical (unpaired) electrons. The largest absolute Gasteiger partial charge is 2.00 e. The second-order valence-electron chi connectivity index (χ2n) is 0. The lowest BCUT2D eigenvalue weighted by Gasteiger charge is -2.00. The average Bonchev–Trinajstić information content (AvgIpc) is 0. The van der Waals surface area contributed by atoms with Crippen LogP contribution >= 0.6 is 0 Å². The molecule has 0 aromatic heterocycles. The molecule has 0 aromatic carbocycles. The van der Waals surface area contributed by atoms with E-state index in [1.165, 1.54) is 0 Å². The van der Waals surface area contributed by atoms with Crippen LogP contribution in [0.25, 0.3) is 0 Å². The van der Waals surface area contributed by atoms with Gasteiger partial charge in [-0.2, -0.15) is 0 Å². The minimum absolute atomic E-state index is 0. The summed E-state index contributed by atoms with van der Waals surface area (Å²) >= 11 is 0. The summed E-state index contributed by atoms with van der Waals surface area (Å²) in [6.07, 6.45) is 0.